The molecule has 8 heteroatoms. The van der Waals surface area contributed by atoms with Gasteiger partial charge in [-0.15, -0.1) is 0 Å². The highest BCUT2D eigenvalue weighted by Crippen LogP contribution is 2.06. The van der Waals surface area contributed by atoms with E-state index in [2.05, 4.69) is 5.43 Å². The molecule has 112 valence electrons. The lowest BCUT2D eigenvalue weighted by Crippen LogP contribution is -2.62. The van der Waals surface area contributed by atoms with E-state index < -0.39 is 6.04 Å². The van der Waals surface area contributed by atoms with E-state index in [1.807, 2.05) is 0 Å². The highest BCUT2D eigenvalue weighted by molar-refractivity contribution is 5.84. The van der Waals surface area contributed by atoms with E-state index >= 15 is 0 Å². The molecule has 1 saturated heterocycles. The first-order chi connectivity index (χ1) is 9.22. The molecule has 8 nitrogen and oxygen atoms in total. The molecule has 1 heterocycles. The summed E-state index contributed by atoms with van der Waals surface area (Å²) < 4.78 is 0. The van der Waals surface area contributed by atoms with Gasteiger partial charge in [-0.2, -0.15) is 0 Å². The predicted octanol–water partition coefficient (Wildman–Crippen LogP) is -1.08. The number of rotatable bonds is 1. The quantitative estimate of drug-likeness (QED) is 0.661. The molecule has 1 fully saturated rings. The third-order valence-electron chi connectivity index (χ3n) is 3.13. The Morgan fingerprint density at radius 2 is 1.40 bits per heavy atom. The zero-order valence-corrected chi connectivity index (χ0v) is 12.2. The molecule has 3 amide bonds. The van der Waals surface area contributed by atoms with E-state index in [4.69, 9.17) is 0 Å². The fourth-order valence-corrected chi connectivity index (χ4v) is 1.81. The molecular weight excluding hydrogens is 264 g/mol. The minimum atomic E-state index is -0.670. The summed E-state index contributed by atoms with van der Waals surface area (Å²) in [6.07, 6.45) is 0. The summed E-state index contributed by atoms with van der Waals surface area (Å²) in [5, 5.41) is 1.21. The van der Waals surface area contributed by atoms with Gasteiger partial charge in [0.1, 0.15) is 18.5 Å². The van der Waals surface area contributed by atoms with Crippen LogP contribution in [0.2, 0.25) is 0 Å². The molecule has 0 radical (unpaired) electrons. The monoisotopic (exact) mass is 284 g/mol. The molecule has 0 bridgehead atoms. The average Bonchev–Trinajstić information content (AvgIpc) is 2.26. The second-order valence-corrected chi connectivity index (χ2v) is 4.82. The van der Waals surface area contributed by atoms with Crippen LogP contribution in [0, 0.1) is 0 Å². The number of ketones is 1. The van der Waals surface area contributed by atoms with Crippen LogP contribution >= 0.6 is 0 Å². The molecule has 1 aliphatic heterocycles. The SMILES string of the molecule is CC(=O)C1CN(C(C)=O)CN(C(C)=O)CN(C(C)=O)N1. The van der Waals surface area contributed by atoms with Crippen LogP contribution in [0.25, 0.3) is 0 Å². The van der Waals surface area contributed by atoms with Gasteiger partial charge in [-0.05, 0) is 6.92 Å². The van der Waals surface area contributed by atoms with Gasteiger partial charge in [0.05, 0.1) is 6.67 Å². The average molecular weight is 284 g/mol. The van der Waals surface area contributed by atoms with Gasteiger partial charge in [-0.1, -0.05) is 0 Å². The third-order valence-corrected chi connectivity index (χ3v) is 3.13. The summed E-state index contributed by atoms with van der Waals surface area (Å²) in [6, 6.07) is -0.670. The first-order valence-corrected chi connectivity index (χ1v) is 6.28. The van der Waals surface area contributed by atoms with Crippen LogP contribution in [0.15, 0.2) is 0 Å². The number of Topliss-reactive ketones (excluding diaryl/α,β-unsaturated/α-hetero) is 1. The molecule has 1 atom stereocenters. The van der Waals surface area contributed by atoms with Crippen molar-refractivity contribution >= 4 is 23.5 Å². The lowest BCUT2D eigenvalue weighted by atomic mass is 10.2. The maximum atomic E-state index is 11.6. The molecule has 0 spiro atoms. The van der Waals surface area contributed by atoms with Gasteiger partial charge < -0.3 is 9.80 Å². The lowest BCUT2D eigenvalue weighted by Gasteiger charge is -2.39. The molecule has 0 saturated carbocycles. The Hall–Kier alpha value is -1.96. The Morgan fingerprint density at radius 1 is 0.850 bits per heavy atom. The number of carbonyl (C=O) groups is 4. The van der Waals surface area contributed by atoms with Crippen molar-refractivity contribution < 1.29 is 19.2 Å². The van der Waals surface area contributed by atoms with Gasteiger partial charge in [0.25, 0.3) is 0 Å². The molecule has 1 unspecified atom stereocenters. The summed E-state index contributed by atoms with van der Waals surface area (Å²) >= 11 is 0. The van der Waals surface area contributed by atoms with Gasteiger partial charge in [0.15, 0.2) is 0 Å². The highest BCUT2D eigenvalue weighted by Gasteiger charge is 2.29. The molecule has 1 rings (SSSR count). The third kappa shape index (κ3) is 4.02. The number of carbonyl (C=O) groups excluding carboxylic acids is 4. The summed E-state index contributed by atoms with van der Waals surface area (Å²) in [5.41, 5.74) is 2.77. The van der Waals surface area contributed by atoms with Gasteiger partial charge >= 0.3 is 0 Å². The Morgan fingerprint density at radius 3 is 1.80 bits per heavy atom. The van der Waals surface area contributed by atoms with Crippen molar-refractivity contribution in [1.29, 1.82) is 0 Å². The molecular formula is C12H20N4O4. The van der Waals surface area contributed by atoms with Crippen LogP contribution in [0.5, 0.6) is 0 Å². The molecule has 20 heavy (non-hydrogen) atoms. The minimum Gasteiger partial charge on any atom is -0.323 e. The molecule has 0 aromatic heterocycles. The second kappa shape index (κ2) is 6.47. The number of nitrogens with zero attached hydrogens (tertiary/aromatic N) is 3. The van der Waals surface area contributed by atoms with Gasteiger partial charge in [-0.25, -0.2) is 5.43 Å². The van der Waals surface area contributed by atoms with Crippen molar-refractivity contribution in [3.05, 3.63) is 0 Å². The zero-order chi connectivity index (χ0) is 15.4. The van der Waals surface area contributed by atoms with Crippen LogP contribution in [0.3, 0.4) is 0 Å². The smallest absolute Gasteiger partial charge is 0.235 e. The standard InChI is InChI=1S/C12H20N4O4/c1-8(17)12-5-14(9(2)18)6-15(10(3)19)7-16(13-12)11(4)20/h12-13H,5-7H2,1-4H3. The molecule has 0 aliphatic carbocycles. The van der Waals surface area contributed by atoms with E-state index in [-0.39, 0.29) is 43.4 Å². The van der Waals surface area contributed by atoms with E-state index in [0.717, 1.165) is 0 Å². The number of nitrogens with one attached hydrogen (secondary N) is 1. The largest absolute Gasteiger partial charge is 0.323 e. The van der Waals surface area contributed by atoms with E-state index in [1.165, 1.54) is 42.5 Å². The molecule has 1 aliphatic rings. The Balaban J connectivity index is 3.02. The van der Waals surface area contributed by atoms with Crippen molar-refractivity contribution in [2.45, 2.75) is 33.7 Å². The van der Waals surface area contributed by atoms with Crippen LogP contribution < -0.4 is 5.43 Å². The fraction of sp³-hybridized carbons (Fsp3) is 0.667. The van der Waals surface area contributed by atoms with Crippen molar-refractivity contribution in [2.24, 2.45) is 0 Å². The first kappa shape index (κ1) is 16.1. The van der Waals surface area contributed by atoms with Crippen LogP contribution in [0.4, 0.5) is 0 Å². The molecule has 0 aromatic rings. The number of amides is 3. The van der Waals surface area contributed by atoms with Crippen LogP contribution in [-0.4, -0.2) is 64.2 Å². The van der Waals surface area contributed by atoms with E-state index in [9.17, 15) is 19.2 Å². The topological polar surface area (TPSA) is 90.0 Å². The van der Waals surface area contributed by atoms with Gasteiger partial charge in [0.2, 0.25) is 17.7 Å². The molecule has 1 N–H and O–H groups in total. The van der Waals surface area contributed by atoms with Crippen molar-refractivity contribution in [3.63, 3.8) is 0 Å². The van der Waals surface area contributed by atoms with Gasteiger partial charge in [0, 0.05) is 27.3 Å². The van der Waals surface area contributed by atoms with Crippen LogP contribution in [-0.2, 0) is 19.2 Å². The number of hydrazine groups is 1. The Kier molecular flexibility index (Phi) is 5.20. The number of hydrogen-bond donors (Lipinski definition) is 1. The lowest BCUT2D eigenvalue weighted by molar-refractivity contribution is -0.149. The first-order valence-electron chi connectivity index (χ1n) is 6.28. The summed E-state index contributed by atoms with van der Waals surface area (Å²) in [6.45, 7) is 5.61. The Bertz CT molecular complexity index is 349. The summed E-state index contributed by atoms with van der Waals surface area (Å²) in [7, 11) is 0. The minimum absolute atomic E-state index is 0.0156. The summed E-state index contributed by atoms with van der Waals surface area (Å²) in [5.74, 6) is -0.983. The van der Waals surface area contributed by atoms with Gasteiger partial charge in [-0.3, -0.25) is 24.2 Å². The fourth-order valence-electron chi connectivity index (χ4n) is 1.81. The predicted molar refractivity (Wildman–Crippen MR) is 69.8 cm³/mol. The highest BCUT2D eigenvalue weighted by atomic mass is 16.2. The Labute approximate surface area is 117 Å². The van der Waals surface area contributed by atoms with Crippen molar-refractivity contribution in [2.75, 3.05) is 19.9 Å². The zero-order valence-electron chi connectivity index (χ0n) is 12.2. The van der Waals surface area contributed by atoms with Crippen LogP contribution in [0.1, 0.15) is 27.7 Å². The number of hydrogen-bond acceptors (Lipinski definition) is 5. The maximum absolute atomic E-state index is 11.6. The van der Waals surface area contributed by atoms with Crippen molar-refractivity contribution in [1.82, 2.24) is 20.2 Å². The molecule has 0 aromatic carbocycles. The van der Waals surface area contributed by atoms with E-state index in [1.54, 1.807) is 0 Å². The van der Waals surface area contributed by atoms with Crippen molar-refractivity contribution in [3.8, 4) is 0 Å². The normalized spacial score (nSPS) is 20.2. The second-order valence-electron chi connectivity index (χ2n) is 4.82. The maximum Gasteiger partial charge on any atom is 0.235 e. The summed E-state index contributed by atoms with van der Waals surface area (Å²) in [4.78, 5) is 49.1. The van der Waals surface area contributed by atoms with E-state index in [0.29, 0.717) is 0 Å².